The summed E-state index contributed by atoms with van der Waals surface area (Å²) in [6.45, 7) is 0.332. The Bertz CT molecular complexity index is 728. The highest BCUT2D eigenvalue weighted by atomic mass is 16.5. The molecule has 0 saturated heterocycles. The Hall–Kier alpha value is -2.81. The Morgan fingerprint density at radius 2 is 1.65 bits per heavy atom. The smallest absolute Gasteiger partial charge is 0.306 e. The van der Waals surface area contributed by atoms with E-state index in [1.54, 1.807) is 12.5 Å². The van der Waals surface area contributed by atoms with E-state index in [2.05, 4.69) is 0 Å². The highest BCUT2D eigenvalue weighted by Crippen LogP contribution is 2.20. The quantitative estimate of drug-likeness (QED) is 0.624. The van der Waals surface area contributed by atoms with Crippen LogP contribution in [-0.2, 0) is 22.6 Å². The van der Waals surface area contributed by atoms with Gasteiger partial charge in [-0.05, 0) is 29.2 Å². The predicted octanol–water partition coefficient (Wildman–Crippen LogP) is 4.62. The highest BCUT2D eigenvalue weighted by Gasteiger charge is 2.05. The van der Waals surface area contributed by atoms with Gasteiger partial charge in [0.25, 0.3) is 0 Å². The largest absolute Gasteiger partial charge is 0.472 e. The molecule has 1 heterocycles. The molecule has 0 radical (unpaired) electrons. The second kappa shape index (κ2) is 7.45. The molecular formula is C20H18O3. The second-order valence-electron chi connectivity index (χ2n) is 5.36. The average Bonchev–Trinajstić information content (AvgIpc) is 3.14. The number of rotatable bonds is 6. The second-order valence-corrected chi connectivity index (χ2v) is 5.36. The first-order valence-corrected chi connectivity index (χ1v) is 7.62. The molecule has 2 aromatic carbocycles. The molecule has 0 amide bonds. The Balaban J connectivity index is 1.47. The van der Waals surface area contributed by atoms with Crippen molar-refractivity contribution in [3.05, 3.63) is 84.3 Å². The van der Waals surface area contributed by atoms with Gasteiger partial charge < -0.3 is 9.15 Å². The lowest BCUT2D eigenvalue weighted by molar-refractivity contribution is -0.144. The molecule has 3 heteroatoms. The van der Waals surface area contributed by atoms with Crippen LogP contribution in [0.5, 0.6) is 0 Å². The summed E-state index contributed by atoms with van der Waals surface area (Å²) in [6, 6.07) is 19.8. The summed E-state index contributed by atoms with van der Waals surface area (Å²) in [7, 11) is 0. The van der Waals surface area contributed by atoms with Crippen molar-refractivity contribution in [2.45, 2.75) is 19.4 Å². The highest BCUT2D eigenvalue weighted by molar-refractivity contribution is 5.70. The SMILES string of the molecule is O=C(CCc1ccc(-c2ccoc2)cc1)OCc1ccccc1. The molecule has 116 valence electrons. The average molecular weight is 306 g/mol. The van der Waals surface area contributed by atoms with Gasteiger partial charge in [-0.25, -0.2) is 0 Å². The Labute approximate surface area is 135 Å². The van der Waals surface area contributed by atoms with Crippen LogP contribution in [0.25, 0.3) is 11.1 Å². The molecule has 3 rings (SSSR count). The van der Waals surface area contributed by atoms with Gasteiger partial charge in [-0.1, -0.05) is 54.6 Å². The summed E-state index contributed by atoms with van der Waals surface area (Å²) in [5.74, 6) is -0.173. The minimum absolute atomic E-state index is 0.173. The monoisotopic (exact) mass is 306 g/mol. The molecule has 0 bridgehead atoms. The summed E-state index contributed by atoms with van der Waals surface area (Å²) in [4.78, 5) is 11.8. The third kappa shape index (κ3) is 4.33. The molecule has 0 fully saturated rings. The maximum atomic E-state index is 11.8. The topological polar surface area (TPSA) is 39.4 Å². The van der Waals surface area contributed by atoms with Crippen LogP contribution in [-0.4, -0.2) is 5.97 Å². The summed E-state index contributed by atoms with van der Waals surface area (Å²) in [5, 5.41) is 0. The van der Waals surface area contributed by atoms with Crippen LogP contribution in [0.1, 0.15) is 17.5 Å². The van der Waals surface area contributed by atoms with Crippen LogP contribution in [0.2, 0.25) is 0 Å². The van der Waals surface area contributed by atoms with E-state index in [0.717, 1.165) is 22.3 Å². The first kappa shape index (κ1) is 15.1. The van der Waals surface area contributed by atoms with Gasteiger partial charge in [0.1, 0.15) is 6.61 Å². The van der Waals surface area contributed by atoms with E-state index >= 15 is 0 Å². The van der Waals surface area contributed by atoms with E-state index in [1.165, 1.54) is 0 Å². The fourth-order valence-electron chi connectivity index (χ4n) is 2.35. The maximum Gasteiger partial charge on any atom is 0.306 e. The molecule has 0 aliphatic rings. The van der Waals surface area contributed by atoms with Crippen molar-refractivity contribution in [2.75, 3.05) is 0 Å². The lowest BCUT2D eigenvalue weighted by Gasteiger charge is -2.05. The summed E-state index contributed by atoms with van der Waals surface area (Å²) < 4.78 is 10.4. The minimum atomic E-state index is -0.173. The van der Waals surface area contributed by atoms with Crippen molar-refractivity contribution in [3.63, 3.8) is 0 Å². The number of hydrogen-bond donors (Lipinski definition) is 0. The van der Waals surface area contributed by atoms with Crippen molar-refractivity contribution in [3.8, 4) is 11.1 Å². The Kier molecular flexibility index (Phi) is 4.89. The lowest BCUT2D eigenvalue weighted by atomic mass is 10.0. The van der Waals surface area contributed by atoms with Crippen molar-refractivity contribution >= 4 is 5.97 Å². The van der Waals surface area contributed by atoms with Gasteiger partial charge in [-0.2, -0.15) is 0 Å². The zero-order chi connectivity index (χ0) is 15.9. The third-order valence-corrected chi connectivity index (χ3v) is 3.67. The fourth-order valence-corrected chi connectivity index (χ4v) is 2.35. The Morgan fingerprint density at radius 1 is 0.870 bits per heavy atom. The van der Waals surface area contributed by atoms with Crippen molar-refractivity contribution in [1.29, 1.82) is 0 Å². The number of furan rings is 1. The van der Waals surface area contributed by atoms with Crippen molar-refractivity contribution in [2.24, 2.45) is 0 Å². The predicted molar refractivity (Wildman–Crippen MR) is 88.7 cm³/mol. The van der Waals surface area contributed by atoms with E-state index < -0.39 is 0 Å². The van der Waals surface area contributed by atoms with E-state index in [9.17, 15) is 4.79 Å². The van der Waals surface area contributed by atoms with Gasteiger partial charge in [0.2, 0.25) is 0 Å². The standard InChI is InChI=1S/C20H18O3/c21-20(23-14-17-4-2-1-3-5-17)11-8-16-6-9-18(10-7-16)19-12-13-22-15-19/h1-7,9-10,12-13,15H,8,11,14H2. The molecule has 0 aliphatic heterocycles. The molecule has 1 aromatic heterocycles. The van der Waals surface area contributed by atoms with Crippen LogP contribution in [0.3, 0.4) is 0 Å². The number of aryl methyl sites for hydroxylation is 1. The first-order chi connectivity index (χ1) is 11.3. The zero-order valence-electron chi connectivity index (χ0n) is 12.8. The molecule has 0 aliphatic carbocycles. The fraction of sp³-hybridized carbons (Fsp3) is 0.150. The molecular weight excluding hydrogens is 288 g/mol. The lowest BCUT2D eigenvalue weighted by Crippen LogP contribution is -2.05. The first-order valence-electron chi connectivity index (χ1n) is 7.62. The van der Waals surface area contributed by atoms with Crippen molar-refractivity contribution in [1.82, 2.24) is 0 Å². The molecule has 0 saturated carbocycles. The number of esters is 1. The number of carbonyl (C=O) groups is 1. The zero-order valence-corrected chi connectivity index (χ0v) is 12.8. The van der Waals surface area contributed by atoms with E-state index in [-0.39, 0.29) is 5.97 Å². The molecule has 23 heavy (non-hydrogen) atoms. The molecule has 3 aromatic rings. The summed E-state index contributed by atoms with van der Waals surface area (Å²) in [6.07, 6.45) is 4.44. The minimum Gasteiger partial charge on any atom is -0.472 e. The summed E-state index contributed by atoms with van der Waals surface area (Å²) in [5.41, 5.74) is 4.28. The van der Waals surface area contributed by atoms with Gasteiger partial charge in [0.05, 0.1) is 12.5 Å². The van der Waals surface area contributed by atoms with Gasteiger partial charge in [-0.15, -0.1) is 0 Å². The van der Waals surface area contributed by atoms with E-state index in [1.807, 2.05) is 60.7 Å². The number of hydrogen-bond acceptors (Lipinski definition) is 3. The normalized spacial score (nSPS) is 10.4. The van der Waals surface area contributed by atoms with E-state index in [4.69, 9.17) is 9.15 Å². The van der Waals surface area contributed by atoms with Gasteiger partial charge in [-0.3, -0.25) is 4.79 Å². The number of ether oxygens (including phenoxy) is 1. The van der Waals surface area contributed by atoms with E-state index in [0.29, 0.717) is 19.4 Å². The van der Waals surface area contributed by atoms with Gasteiger partial charge in [0, 0.05) is 12.0 Å². The number of benzene rings is 2. The third-order valence-electron chi connectivity index (χ3n) is 3.67. The van der Waals surface area contributed by atoms with Crippen molar-refractivity contribution < 1.29 is 13.9 Å². The molecule has 3 nitrogen and oxygen atoms in total. The van der Waals surface area contributed by atoms with Crippen LogP contribution in [0.15, 0.2) is 77.6 Å². The molecule has 0 spiro atoms. The molecule has 0 unspecified atom stereocenters. The maximum absolute atomic E-state index is 11.8. The van der Waals surface area contributed by atoms with Crippen LogP contribution < -0.4 is 0 Å². The van der Waals surface area contributed by atoms with Gasteiger partial charge >= 0.3 is 5.97 Å². The molecule has 0 atom stereocenters. The summed E-state index contributed by atoms with van der Waals surface area (Å²) >= 11 is 0. The van der Waals surface area contributed by atoms with Crippen LogP contribution >= 0.6 is 0 Å². The van der Waals surface area contributed by atoms with Gasteiger partial charge in [0.15, 0.2) is 0 Å². The van der Waals surface area contributed by atoms with Crippen LogP contribution in [0.4, 0.5) is 0 Å². The number of carbonyl (C=O) groups excluding carboxylic acids is 1. The van der Waals surface area contributed by atoms with Crippen LogP contribution in [0, 0.1) is 0 Å². The molecule has 0 N–H and O–H groups in total. The Morgan fingerprint density at radius 3 is 2.35 bits per heavy atom.